The first-order chi connectivity index (χ1) is 6.81. The van der Waals surface area contributed by atoms with Crippen molar-refractivity contribution in [3.05, 3.63) is 12.7 Å². The van der Waals surface area contributed by atoms with Gasteiger partial charge in [-0.05, 0) is 0 Å². The van der Waals surface area contributed by atoms with Gasteiger partial charge in [-0.3, -0.25) is 8.98 Å². The van der Waals surface area contributed by atoms with E-state index in [1.807, 2.05) is 0 Å². The Hall–Kier alpha value is -0.410. The molecule has 0 heterocycles. The molecule has 7 nitrogen and oxygen atoms in total. The van der Waals surface area contributed by atoms with Crippen LogP contribution in [-0.4, -0.2) is 37.3 Å². The van der Waals surface area contributed by atoms with Gasteiger partial charge in [0, 0.05) is 0 Å². The van der Waals surface area contributed by atoms with Crippen molar-refractivity contribution in [2.45, 2.75) is 11.7 Å². The molecule has 0 aromatic carbocycles. The minimum Gasteiger partial charge on any atom is -0.549 e. The predicted octanol–water partition coefficient (Wildman–Crippen LogP) is -4.88. The van der Waals surface area contributed by atoms with E-state index in [9.17, 15) is 23.1 Å². The van der Waals surface area contributed by atoms with Crippen LogP contribution in [0.5, 0.6) is 0 Å². The molecule has 0 radical (unpaired) electrons. The molecule has 0 aliphatic rings. The summed E-state index contributed by atoms with van der Waals surface area (Å²) in [5.74, 6) is -3.59. The molecule has 0 bridgehead atoms. The first-order valence-electron chi connectivity index (χ1n) is 3.73. The SMILES string of the molecule is C=CCOS(=O)(=O)C(CC(=O)O)C(=O)[O-].[Na+]. The van der Waals surface area contributed by atoms with E-state index in [1.165, 1.54) is 0 Å². The fraction of sp³-hybridized carbons (Fsp3) is 0.429. The summed E-state index contributed by atoms with van der Waals surface area (Å²) in [6, 6.07) is 0. The third kappa shape index (κ3) is 6.23. The average Bonchev–Trinajstić information content (AvgIpc) is 2.10. The summed E-state index contributed by atoms with van der Waals surface area (Å²) in [5.41, 5.74) is 0. The Kier molecular flexibility index (Phi) is 8.76. The van der Waals surface area contributed by atoms with Crippen molar-refractivity contribution in [3.63, 3.8) is 0 Å². The maximum atomic E-state index is 11.1. The van der Waals surface area contributed by atoms with Crippen LogP contribution in [0.15, 0.2) is 12.7 Å². The monoisotopic (exact) mass is 260 g/mol. The molecule has 0 fully saturated rings. The summed E-state index contributed by atoms with van der Waals surface area (Å²) < 4.78 is 26.4. The standard InChI is InChI=1S/C7H10O7S.Na/c1-2-3-14-15(12,13)5(7(10)11)4-6(8)9;/h2,5H,1,3-4H2,(H,8,9)(H,10,11);/q;+1/p-1. The quantitative estimate of drug-likeness (QED) is 0.277. The molecule has 86 valence electrons. The van der Waals surface area contributed by atoms with Crippen LogP contribution < -0.4 is 34.7 Å². The van der Waals surface area contributed by atoms with Crippen LogP contribution >= 0.6 is 0 Å². The van der Waals surface area contributed by atoms with Crippen LogP contribution in [-0.2, 0) is 23.9 Å². The summed E-state index contributed by atoms with van der Waals surface area (Å²) in [5, 5.41) is 16.5. The molecule has 0 saturated heterocycles. The molecule has 1 atom stereocenters. The zero-order chi connectivity index (χ0) is 12.1. The first-order valence-corrected chi connectivity index (χ1v) is 5.20. The molecule has 1 N–H and O–H groups in total. The van der Waals surface area contributed by atoms with E-state index in [-0.39, 0.29) is 29.6 Å². The average molecular weight is 260 g/mol. The van der Waals surface area contributed by atoms with Crippen molar-refractivity contribution < 1.29 is 62.0 Å². The van der Waals surface area contributed by atoms with Gasteiger partial charge in [0.15, 0.2) is 0 Å². The van der Waals surface area contributed by atoms with Crippen molar-refractivity contribution in [2.75, 3.05) is 6.61 Å². The van der Waals surface area contributed by atoms with E-state index in [4.69, 9.17) is 5.11 Å². The fourth-order valence-electron chi connectivity index (χ4n) is 0.687. The van der Waals surface area contributed by atoms with Crippen molar-refractivity contribution in [1.82, 2.24) is 0 Å². The van der Waals surface area contributed by atoms with Crippen molar-refractivity contribution >= 4 is 22.1 Å². The van der Waals surface area contributed by atoms with Crippen LogP contribution in [0, 0.1) is 0 Å². The number of carboxylic acids is 2. The number of carboxylic acid groups (broad SMARTS) is 2. The van der Waals surface area contributed by atoms with Crippen LogP contribution in [0.2, 0.25) is 0 Å². The van der Waals surface area contributed by atoms with E-state index in [2.05, 4.69) is 10.8 Å². The summed E-state index contributed by atoms with van der Waals surface area (Å²) in [4.78, 5) is 20.6. The van der Waals surface area contributed by atoms with Gasteiger partial charge in [0.2, 0.25) is 0 Å². The van der Waals surface area contributed by atoms with E-state index in [0.29, 0.717) is 0 Å². The number of carbonyl (C=O) groups excluding carboxylic acids is 1. The molecule has 0 aliphatic heterocycles. The molecular formula is C7H9NaO7S. The molecule has 0 aromatic rings. The molecule has 0 aromatic heterocycles. The molecular weight excluding hydrogens is 251 g/mol. The number of hydrogen-bond donors (Lipinski definition) is 1. The van der Waals surface area contributed by atoms with Gasteiger partial charge in [-0.1, -0.05) is 6.08 Å². The maximum Gasteiger partial charge on any atom is 1.00 e. The van der Waals surface area contributed by atoms with Crippen molar-refractivity contribution in [2.24, 2.45) is 0 Å². The second-order valence-corrected chi connectivity index (χ2v) is 4.26. The first kappa shape index (κ1) is 18.0. The normalized spacial score (nSPS) is 12.2. The molecule has 0 aliphatic carbocycles. The summed E-state index contributed by atoms with van der Waals surface area (Å²) >= 11 is 0. The Balaban J connectivity index is 0. The van der Waals surface area contributed by atoms with Gasteiger partial charge in [-0.25, -0.2) is 0 Å². The van der Waals surface area contributed by atoms with Gasteiger partial charge in [0.05, 0.1) is 19.0 Å². The molecule has 16 heavy (non-hydrogen) atoms. The predicted molar refractivity (Wildman–Crippen MR) is 46.1 cm³/mol. The Bertz CT molecular complexity index is 361. The molecule has 0 amide bonds. The molecule has 0 saturated carbocycles. The van der Waals surface area contributed by atoms with E-state index >= 15 is 0 Å². The van der Waals surface area contributed by atoms with Gasteiger partial charge in [0.25, 0.3) is 10.1 Å². The van der Waals surface area contributed by atoms with Crippen molar-refractivity contribution in [3.8, 4) is 0 Å². The minimum atomic E-state index is -4.49. The van der Waals surface area contributed by atoms with Gasteiger partial charge in [0.1, 0.15) is 5.25 Å². The topological polar surface area (TPSA) is 121 Å². The third-order valence-corrected chi connectivity index (χ3v) is 2.84. The van der Waals surface area contributed by atoms with E-state index in [1.54, 1.807) is 0 Å². The Morgan fingerprint density at radius 1 is 1.50 bits per heavy atom. The third-order valence-electron chi connectivity index (χ3n) is 1.32. The van der Waals surface area contributed by atoms with Crippen LogP contribution in [0.3, 0.4) is 0 Å². The number of hydrogen-bond acceptors (Lipinski definition) is 6. The molecule has 1 unspecified atom stereocenters. The molecule has 9 heteroatoms. The zero-order valence-electron chi connectivity index (χ0n) is 8.58. The van der Waals surface area contributed by atoms with E-state index in [0.717, 1.165) is 6.08 Å². The van der Waals surface area contributed by atoms with Gasteiger partial charge >= 0.3 is 35.5 Å². The van der Waals surface area contributed by atoms with Crippen LogP contribution in [0.25, 0.3) is 0 Å². The van der Waals surface area contributed by atoms with Crippen LogP contribution in [0.4, 0.5) is 0 Å². The summed E-state index contributed by atoms with van der Waals surface area (Å²) in [7, 11) is -4.49. The van der Waals surface area contributed by atoms with Gasteiger partial charge in [-0.15, -0.1) is 6.58 Å². The molecule has 0 spiro atoms. The fourth-order valence-corrected chi connectivity index (χ4v) is 1.72. The molecule has 0 rings (SSSR count). The summed E-state index contributed by atoms with van der Waals surface area (Å²) in [6.07, 6.45) is -0.0214. The minimum absolute atomic E-state index is 0. The van der Waals surface area contributed by atoms with E-state index < -0.39 is 40.3 Å². The number of aliphatic carboxylic acids is 2. The number of carbonyl (C=O) groups is 2. The van der Waals surface area contributed by atoms with Gasteiger partial charge < -0.3 is 15.0 Å². The Labute approximate surface area is 115 Å². The second-order valence-electron chi connectivity index (χ2n) is 2.47. The van der Waals surface area contributed by atoms with Crippen LogP contribution in [0.1, 0.15) is 6.42 Å². The van der Waals surface area contributed by atoms with Crippen molar-refractivity contribution in [1.29, 1.82) is 0 Å². The maximum absolute atomic E-state index is 11.1. The second kappa shape index (κ2) is 7.80. The Morgan fingerprint density at radius 3 is 2.31 bits per heavy atom. The van der Waals surface area contributed by atoms with Gasteiger partial charge in [-0.2, -0.15) is 8.42 Å². The largest absolute Gasteiger partial charge is 1.00 e. The smallest absolute Gasteiger partial charge is 0.549 e. The summed E-state index contributed by atoms with van der Waals surface area (Å²) in [6.45, 7) is 2.74. The Morgan fingerprint density at radius 2 is 2.00 bits per heavy atom. The number of rotatable bonds is 7. The zero-order valence-corrected chi connectivity index (χ0v) is 11.4.